The number of benzene rings is 4. The SMILES string of the molecule is CC[N+](C)(CC)Cc1ccc(C(=C\c2cc[n+](C)c3ccccc23)/C=C2\Sc3ccccc3N2CCc2cn(CCCC(=O)NCC[N+](C)(C)CCNC(=O)COc3ccc(N(CCCl)CCCl)cc3)nn2)cc1. The van der Waals surface area contributed by atoms with Crippen molar-refractivity contribution in [1.29, 1.82) is 0 Å². The van der Waals surface area contributed by atoms with Gasteiger partial charge >= 0.3 is 0 Å². The normalized spacial score (nSPS) is 13.4. The third kappa shape index (κ3) is 15.8. The van der Waals surface area contributed by atoms with Gasteiger partial charge in [-0.3, -0.25) is 14.3 Å². The molecule has 4 aromatic carbocycles. The van der Waals surface area contributed by atoms with E-state index in [1.807, 2.05) is 35.1 Å². The van der Waals surface area contributed by atoms with Gasteiger partial charge < -0.3 is 34.1 Å². The van der Waals surface area contributed by atoms with Crippen LogP contribution in [-0.2, 0) is 36.1 Å². The van der Waals surface area contributed by atoms with E-state index in [0.717, 1.165) is 59.2 Å². The highest BCUT2D eigenvalue weighted by Crippen LogP contribution is 2.47. The topological polar surface area (TPSA) is 108 Å². The monoisotopic (exact) mass is 1060 g/mol. The number of alkyl halides is 2. The van der Waals surface area contributed by atoms with Crippen molar-refractivity contribution in [3.8, 4) is 5.75 Å². The number of hydrogen-bond acceptors (Lipinski definition) is 8. The van der Waals surface area contributed by atoms with Gasteiger partial charge in [0.2, 0.25) is 11.4 Å². The number of amides is 2. The van der Waals surface area contributed by atoms with Crippen LogP contribution in [0.1, 0.15) is 49.1 Å². The zero-order valence-corrected chi connectivity index (χ0v) is 46.4. The number of nitrogens with one attached hydrogen (secondary N) is 2. The Balaban J connectivity index is 0.895. The largest absolute Gasteiger partial charge is 0.484 e. The van der Waals surface area contributed by atoms with E-state index in [2.05, 4.69) is 175 Å². The van der Waals surface area contributed by atoms with E-state index in [1.165, 1.54) is 38.2 Å². The van der Waals surface area contributed by atoms with Crippen LogP contribution in [0.25, 0.3) is 22.6 Å². The lowest BCUT2D eigenvalue weighted by atomic mass is 9.99. The first-order chi connectivity index (χ1) is 35.8. The molecule has 0 aliphatic carbocycles. The van der Waals surface area contributed by atoms with Crippen molar-refractivity contribution in [2.24, 2.45) is 7.05 Å². The van der Waals surface area contributed by atoms with E-state index in [0.29, 0.717) is 80.5 Å². The maximum absolute atomic E-state index is 12.9. The smallest absolute Gasteiger partial charge is 0.258 e. The minimum atomic E-state index is -0.185. The second-order valence-electron chi connectivity index (χ2n) is 19.9. The van der Waals surface area contributed by atoms with E-state index < -0.39 is 0 Å². The van der Waals surface area contributed by atoms with Gasteiger partial charge in [-0.1, -0.05) is 65.5 Å². The van der Waals surface area contributed by atoms with Crippen molar-refractivity contribution < 1.29 is 27.9 Å². The molecule has 0 fully saturated rings. The van der Waals surface area contributed by atoms with Gasteiger partial charge in [-0.15, -0.1) is 28.3 Å². The summed E-state index contributed by atoms with van der Waals surface area (Å²) in [4.78, 5) is 31.2. The Morgan fingerprint density at radius 2 is 1.53 bits per heavy atom. The Kier molecular flexibility index (Phi) is 20.4. The second kappa shape index (κ2) is 27.1. The van der Waals surface area contributed by atoms with Crippen molar-refractivity contribution in [1.82, 2.24) is 25.6 Å². The lowest BCUT2D eigenvalue weighted by Gasteiger charge is -2.32. The van der Waals surface area contributed by atoms with Crippen LogP contribution < -0.4 is 29.7 Å². The molecule has 2 amide bonds. The van der Waals surface area contributed by atoms with Gasteiger partial charge in [-0.25, -0.2) is 4.57 Å². The fourth-order valence-corrected chi connectivity index (χ4v) is 10.6. The number of carbonyl (C=O) groups is 2. The Labute approximate surface area is 452 Å². The number of quaternary nitrogens is 2. The predicted octanol–water partition coefficient (Wildman–Crippen LogP) is 8.93. The molecule has 392 valence electrons. The highest BCUT2D eigenvalue weighted by molar-refractivity contribution is 8.03. The summed E-state index contributed by atoms with van der Waals surface area (Å²) >= 11 is 13.7. The molecule has 6 aromatic rings. The molecule has 0 saturated heterocycles. The fraction of sp³-hybridized carbons (Fsp3) is 0.397. The number of likely N-dealkylation sites (N-methyl/N-ethyl adjacent to an activating group) is 1. The van der Waals surface area contributed by atoms with Gasteiger partial charge in [0.05, 0.1) is 82.2 Å². The molecular formula is C58H75Cl2N10O3S+3. The van der Waals surface area contributed by atoms with Gasteiger partial charge in [-0.05, 0) is 91.6 Å². The summed E-state index contributed by atoms with van der Waals surface area (Å²) in [6.07, 6.45) is 10.6. The summed E-state index contributed by atoms with van der Waals surface area (Å²) in [6.45, 7) is 12.8. The van der Waals surface area contributed by atoms with Gasteiger partial charge in [0.15, 0.2) is 12.8 Å². The van der Waals surface area contributed by atoms with E-state index in [9.17, 15) is 9.59 Å². The molecule has 1 aliphatic rings. The number of carbonyl (C=O) groups excluding carboxylic acids is 2. The molecular weight excluding hydrogens is 988 g/mol. The summed E-state index contributed by atoms with van der Waals surface area (Å²) in [7, 11) is 8.61. The third-order valence-electron chi connectivity index (χ3n) is 14.0. The number of thioether (sulfide) groups is 1. The number of anilines is 2. The zero-order valence-electron chi connectivity index (χ0n) is 44.1. The van der Waals surface area contributed by atoms with E-state index in [-0.39, 0.29) is 18.4 Å². The van der Waals surface area contributed by atoms with Gasteiger partial charge in [-0.2, -0.15) is 0 Å². The van der Waals surface area contributed by atoms with Crippen LogP contribution in [-0.4, -0.2) is 134 Å². The van der Waals surface area contributed by atoms with E-state index in [4.69, 9.17) is 27.9 Å². The molecule has 0 saturated carbocycles. The highest BCUT2D eigenvalue weighted by Gasteiger charge is 2.26. The van der Waals surface area contributed by atoms with Crippen LogP contribution in [0.15, 0.2) is 132 Å². The summed E-state index contributed by atoms with van der Waals surface area (Å²) < 4.78 is 11.4. The third-order valence-corrected chi connectivity index (χ3v) is 15.5. The first-order valence-corrected chi connectivity index (χ1v) is 27.8. The molecule has 0 unspecified atom stereocenters. The molecule has 13 nitrogen and oxygen atoms in total. The summed E-state index contributed by atoms with van der Waals surface area (Å²) in [5, 5.41) is 17.4. The van der Waals surface area contributed by atoms with Crippen LogP contribution >= 0.6 is 35.0 Å². The van der Waals surface area contributed by atoms with Crippen LogP contribution in [0.4, 0.5) is 11.4 Å². The predicted molar refractivity (Wildman–Crippen MR) is 305 cm³/mol. The molecule has 0 bridgehead atoms. The lowest BCUT2D eigenvalue weighted by molar-refractivity contribution is -0.919. The molecule has 2 N–H and O–H groups in total. The number of allylic oxidation sites excluding steroid dienone is 2. The number of aromatic nitrogens is 4. The first kappa shape index (κ1) is 55.8. The number of fused-ring (bicyclic) bond motifs is 2. The summed E-state index contributed by atoms with van der Waals surface area (Å²) in [6, 6.07) is 36.2. The number of para-hydroxylation sites is 2. The minimum absolute atomic E-state index is 0.00758. The number of hydrogen-bond donors (Lipinski definition) is 2. The molecule has 3 heterocycles. The van der Waals surface area contributed by atoms with E-state index >= 15 is 0 Å². The van der Waals surface area contributed by atoms with Gasteiger partial charge in [0.1, 0.15) is 19.3 Å². The average molecular weight is 1060 g/mol. The minimum Gasteiger partial charge on any atom is -0.484 e. The van der Waals surface area contributed by atoms with Crippen molar-refractivity contribution in [3.63, 3.8) is 0 Å². The van der Waals surface area contributed by atoms with Crippen molar-refractivity contribution in [2.45, 2.75) is 51.1 Å². The zero-order chi connectivity index (χ0) is 52.5. The summed E-state index contributed by atoms with van der Waals surface area (Å²) in [5.74, 6) is 1.45. The molecule has 74 heavy (non-hydrogen) atoms. The van der Waals surface area contributed by atoms with Crippen LogP contribution in [0, 0.1) is 0 Å². The van der Waals surface area contributed by atoms with E-state index in [1.54, 1.807) is 11.8 Å². The molecule has 2 aromatic heterocycles. The van der Waals surface area contributed by atoms with Crippen LogP contribution in [0.2, 0.25) is 0 Å². The number of aryl methyl sites for hydroxylation is 2. The van der Waals surface area contributed by atoms with Crippen molar-refractivity contribution >= 4 is 80.7 Å². The lowest BCUT2D eigenvalue weighted by Crippen LogP contribution is -2.49. The first-order valence-electron chi connectivity index (χ1n) is 25.9. The molecule has 0 radical (unpaired) electrons. The Morgan fingerprint density at radius 1 is 0.838 bits per heavy atom. The molecule has 1 aliphatic heterocycles. The number of ether oxygens (including phenoxy) is 1. The Bertz CT molecular complexity index is 2840. The number of pyridine rings is 1. The molecule has 16 heteroatoms. The van der Waals surface area contributed by atoms with Crippen molar-refractivity contribution in [3.05, 3.63) is 149 Å². The van der Waals surface area contributed by atoms with Gasteiger partial charge in [0, 0.05) is 85.3 Å². The average Bonchev–Trinajstić information content (AvgIpc) is 4.01. The number of nitrogens with zero attached hydrogens (tertiary/aromatic N) is 8. The molecule has 7 rings (SSSR count). The Hall–Kier alpha value is -5.90. The van der Waals surface area contributed by atoms with Crippen LogP contribution in [0.3, 0.4) is 0 Å². The maximum atomic E-state index is 12.9. The van der Waals surface area contributed by atoms with Gasteiger partial charge in [0.25, 0.3) is 5.91 Å². The quantitative estimate of drug-likeness (QED) is 0.0285. The number of halogens is 2. The fourth-order valence-electron chi connectivity index (χ4n) is 9.02. The molecule has 0 spiro atoms. The number of rotatable bonds is 28. The summed E-state index contributed by atoms with van der Waals surface area (Å²) in [5.41, 5.74) is 9.12. The second-order valence-corrected chi connectivity index (χ2v) is 21.7. The van der Waals surface area contributed by atoms with Crippen molar-refractivity contribution in [2.75, 3.05) is 108 Å². The maximum Gasteiger partial charge on any atom is 0.258 e. The highest BCUT2D eigenvalue weighted by atomic mass is 35.5. The Morgan fingerprint density at radius 3 is 2.24 bits per heavy atom. The molecule has 0 atom stereocenters. The van der Waals surface area contributed by atoms with Crippen LogP contribution in [0.5, 0.6) is 5.75 Å². The standard InChI is InChI=1S/C58H73Cl2N10O3S/c1-7-70(6,8-2)43-45-19-21-46(22-20-45)48(40-47-27-34-65(3)53-15-10-9-14-52(47)53)41-58-68(54-16-11-12-17-55(54)74-58)35-28-49-42-67(64-63-49)33-13-18-56(71)61-31-38-69(4,5)39-32-62-57(72)44-73-51-25-23-50(24-26-51)66(36-29-59)37-30-60/h9-12,14-17,19-27,34,40-42H,7-8,13,18,28-33,35-39,43-44H2,1-6H3/q+1/p+2.